The van der Waals surface area contributed by atoms with Crippen LogP contribution in [0.1, 0.15) is 24.9 Å². The quantitative estimate of drug-likeness (QED) is 0.501. The van der Waals surface area contributed by atoms with E-state index in [0.717, 1.165) is 34.5 Å². The fraction of sp³-hybridized carbons (Fsp3) is 0.174. The average Bonchev–Trinajstić information content (AvgIpc) is 2.78. The lowest BCUT2D eigenvalue weighted by Gasteiger charge is -2.20. The highest BCUT2D eigenvalue weighted by atomic mass is 16.5. The number of ether oxygens (including phenoxy) is 1. The van der Waals surface area contributed by atoms with E-state index in [1.54, 1.807) is 19.5 Å². The zero-order valence-corrected chi connectivity index (χ0v) is 16.0. The number of anilines is 1. The highest BCUT2D eigenvalue weighted by molar-refractivity contribution is 5.90. The van der Waals surface area contributed by atoms with Crippen molar-refractivity contribution in [1.82, 2.24) is 15.0 Å². The van der Waals surface area contributed by atoms with Crippen molar-refractivity contribution in [2.24, 2.45) is 0 Å². The van der Waals surface area contributed by atoms with E-state index in [2.05, 4.69) is 29.4 Å². The Bertz CT molecular complexity index is 1060. The van der Waals surface area contributed by atoms with Crippen LogP contribution in [0, 0.1) is 0 Å². The maximum atomic E-state index is 5.28. The van der Waals surface area contributed by atoms with Gasteiger partial charge in [-0.3, -0.25) is 4.98 Å². The monoisotopic (exact) mass is 370 g/mol. The molecule has 28 heavy (non-hydrogen) atoms. The lowest BCUT2D eigenvalue weighted by atomic mass is 10.0. The molecule has 0 aliphatic heterocycles. The summed E-state index contributed by atoms with van der Waals surface area (Å²) in [5, 5.41) is 4.63. The lowest BCUT2D eigenvalue weighted by molar-refractivity contribution is 0.414. The summed E-state index contributed by atoms with van der Waals surface area (Å²) in [4.78, 5) is 13.8. The Balaban J connectivity index is 1.75. The zero-order chi connectivity index (χ0) is 19.3. The molecule has 4 rings (SSSR count). The second kappa shape index (κ2) is 8.05. The normalized spacial score (nSPS) is 11.9. The Morgan fingerprint density at radius 3 is 2.50 bits per heavy atom. The van der Waals surface area contributed by atoms with Crippen molar-refractivity contribution >= 4 is 16.7 Å². The standard InChI is InChI=1S/C23H22N4O/c1-3-20(16-10-12-18(28-2)13-11-16)25-23-19-8-4-5-9-21(19)26-22(27-23)17-7-6-14-24-15-17/h4-15,20H,3H2,1-2H3,(H,25,26,27). The van der Waals surface area contributed by atoms with Crippen molar-refractivity contribution in [3.8, 4) is 17.1 Å². The molecular weight excluding hydrogens is 348 g/mol. The van der Waals surface area contributed by atoms with Crippen molar-refractivity contribution in [3.63, 3.8) is 0 Å². The van der Waals surface area contributed by atoms with Crippen LogP contribution in [0.5, 0.6) is 5.75 Å². The second-order valence-electron chi connectivity index (χ2n) is 6.53. The van der Waals surface area contributed by atoms with Crippen LogP contribution in [0.25, 0.3) is 22.3 Å². The molecule has 0 aliphatic carbocycles. The molecule has 0 aliphatic rings. The molecule has 4 aromatic rings. The first-order valence-corrected chi connectivity index (χ1v) is 9.36. The van der Waals surface area contributed by atoms with Gasteiger partial charge in [0, 0.05) is 23.3 Å². The number of rotatable bonds is 6. The maximum absolute atomic E-state index is 5.28. The van der Waals surface area contributed by atoms with E-state index in [0.29, 0.717) is 5.82 Å². The van der Waals surface area contributed by atoms with E-state index in [1.165, 1.54) is 5.56 Å². The number of hydrogen-bond acceptors (Lipinski definition) is 5. The molecule has 0 spiro atoms. The molecule has 0 amide bonds. The van der Waals surface area contributed by atoms with E-state index in [1.807, 2.05) is 48.5 Å². The van der Waals surface area contributed by atoms with E-state index in [-0.39, 0.29) is 6.04 Å². The van der Waals surface area contributed by atoms with Gasteiger partial charge in [0.1, 0.15) is 11.6 Å². The number of pyridine rings is 1. The fourth-order valence-corrected chi connectivity index (χ4v) is 3.23. The van der Waals surface area contributed by atoms with E-state index < -0.39 is 0 Å². The number of nitrogens with zero attached hydrogens (tertiary/aromatic N) is 3. The number of methoxy groups -OCH3 is 1. The van der Waals surface area contributed by atoms with E-state index in [4.69, 9.17) is 14.7 Å². The Labute approximate surface area is 164 Å². The number of aromatic nitrogens is 3. The summed E-state index contributed by atoms with van der Waals surface area (Å²) in [5.41, 5.74) is 2.99. The molecule has 2 aromatic heterocycles. The van der Waals surface area contributed by atoms with Gasteiger partial charge in [0.2, 0.25) is 0 Å². The molecular formula is C23H22N4O. The SMILES string of the molecule is CCC(Nc1nc(-c2cccnc2)nc2ccccc12)c1ccc(OC)cc1. The summed E-state index contributed by atoms with van der Waals surface area (Å²) >= 11 is 0. The Kier molecular flexibility index (Phi) is 5.15. The van der Waals surface area contributed by atoms with Gasteiger partial charge in [0.05, 0.1) is 18.7 Å². The van der Waals surface area contributed by atoms with E-state index in [9.17, 15) is 0 Å². The number of benzene rings is 2. The largest absolute Gasteiger partial charge is 0.497 e. The summed E-state index contributed by atoms with van der Waals surface area (Å²) in [6.07, 6.45) is 4.46. The summed E-state index contributed by atoms with van der Waals surface area (Å²) < 4.78 is 5.28. The van der Waals surface area contributed by atoms with Crippen LogP contribution in [-0.2, 0) is 0 Å². The first kappa shape index (κ1) is 17.9. The number of fused-ring (bicyclic) bond motifs is 1. The van der Waals surface area contributed by atoms with Gasteiger partial charge in [0.25, 0.3) is 0 Å². The first-order valence-electron chi connectivity index (χ1n) is 9.36. The minimum Gasteiger partial charge on any atom is -0.497 e. The van der Waals surface area contributed by atoms with Gasteiger partial charge in [-0.2, -0.15) is 0 Å². The molecule has 0 saturated carbocycles. The Morgan fingerprint density at radius 2 is 1.79 bits per heavy atom. The molecule has 1 atom stereocenters. The summed E-state index contributed by atoms with van der Waals surface area (Å²) in [6, 6.07) is 20.2. The summed E-state index contributed by atoms with van der Waals surface area (Å²) in [5.74, 6) is 2.34. The highest BCUT2D eigenvalue weighted by Gasteiger charge is 2.14. The molecule has 2 heterocycles. The number of nitrogens with one attached hydrogen (secondary N) is 1. The molecule has 2 aromatic carbocycles. The third kappa shape index (κ3) is 3.64. The Hall–Kier alpha value is -3.47. The second-order valence-corrected chi connectivity index (χ2v) is 6.53. The first-order chi connectivity index (χ1) is 13.8. The lowest BCUT2D eigenvalue weighted by Crippen LogP contribution is -2.12. The number of para-hydroxylation sites is 1. The molecule has 5 heteroatoms. The van der Waals surface area contributed by atoms with Crippen molar-refractivity contribution in [3.05, 3.63) is 78.6 Å². The van der Waals surface area contributed by atoms with Gasteiger partial charge in [-0.1, -0.05) is 31.2 Å². The third-order valence-corrected chi connectivity index (χ3v) is 4.76. The smallest absolute Gasteiger partial charge is 0.163 e. The van der Waals surface area contributed by atoms with Crippen molar-refractivity contribution in [2.75, 3.05) is 12.4 Å². The topological polar surface area (TPSA) is 59.9 Å². The number of hydrogen-bond donors (Lipinski definition) is 1. The van der Waals surface area contributed by atoms with Crippen LogP contribution in [0.3, 0.4) is 0 Å². The molecule has 140 valence electrons. The maximum Gasteiger partial charge on any atom is 0.163 e. The van der Waals surface area contributed by atoms with Gasteiger partial charge in [-0.05, 0) is 48.4 Å². The van der Waals surface area contributed by atoms with Gasteiger partial charge < -0.3 is 10.1 Å². The third-order valence-electron chi connectivity index (χ3n) is 4.76. The van der Waals surface area contributed by atoms with Crippen LogP contribution >= 0.6 is 0 Å². The average molecular weight is 370 g/mol. The van der Waals surface area contributed by atoms with Crippen LogP contribution in [-0.4, -0.2) is 22.1 Å². The fourth-order valence-electron chi connectivity index (χ4n) is 3.23. The van der Waals surface area contributed by atoms with E-state index >= 15 is 0 Å². The van der Waals surface area contributed by atoms with Crippen LogP contribution in [0.2, 0.25) is 0 Å². The van der Waals surface area contributed by atoms with Gasteiger partial charge >= 0.3 is 0 Å². The van der Waals surface area contributed by atoms with Crippen molar-refractivity contribution < 1.29 is 4.74 Å². The van der Waals surface area contributed by atoms with Gasteiger partial charge in [-0.15, -0.1) is 0 Å². The Morgan fingerprint density at radius 1 is 0.964 bits per heavy atom. The predicted octanol–water partition coefficient (Wildman–Crippen LogP) is 5.26. The zero-order valence-electron chi connectivity index (χ0n) is 16.0. The molecule has 0 saturated heterocycles. The van der Waals surface area contributed by atoms with Crippen molar-refractivity contribution in [2.45, 2.75) is 19.4 Å². The minimum absolute atomic E-state index is 0.131. The summed E-state index contributed by atoms with van der Waals surface area (Å²) in [6.45, 7) is 2.16. The summed E-state index contributed by atoms with van der Waals surface area (Å²) in [7, 11) is 1.68. The van der Waals surface area contributed by atoms with Gasteiger partial charge in [0.15, 0.2) is 5.82 Å². The molecule has 0 bridgehead atoms. The van der Waals surface area contributed by atoms with Crippen LogP contribution in [0.15, 0.2) is 73.1 Å². The van der Waals surface area contributed by atoms with Gasteiger partial charge in [-0.25, -0.2) is 9.97 Å². The molecule has 1 unspecified atom stereocenters. The molecule has 0 radical (unpaired) electrons. The van der Waals surface area contributed by atoms with Crippen molar-refractivity contribution in [1.29, 1.82) is 0 Å². The van der Waals surface area contributed by atoms with Crippen LogP contribution < -0.4 is 10.1 Å². The highest BCUT2D eigenvalue weighted by Crippen LogP contribution is 2.29. The minimum atomic E-state index is 0.131. The van der Waals surface area contributed by atoms with Crippen LogP contribution in [0.4, 0.5) is 5.82 Å². The molecule has 5 nitrogen and oxygen atoms in total. The molecule has 0 fully saturated rings. The molecule has 1 N–H and O–H groups in total. The predicted molar refractivity (Wildman–Crippen MR) is 112 cm³/mol.